The minimum atomic E-state index is -1.03. The first-order valence-corrected chi connectivity index (χ1v) is 20.1. The predicted octanol–water partition coefficient (Wildman–Crippen LogP) is 5.81. The summed E-state index contributed by atoms with van der Waals surface area (Å²) in [5.41, 5.74) is 2.88. The van der Waals surface area contributed by atoms with Gasteiger partial charge in [-0.05, 0) is 81.3 Å². The summed E-state index contributed by atoms with van der Waals surface area (Å²) < 4.78 is 0. The molecule has 0 aromatic heterocycles. The largest absolute Gasteiger partial charge is 0.355 e. The number of hydrogen-bond donors (Lipinski definition) is 2. The van der Waals surface area contributed by atoms with Gasteiger partial charge in [0, 0.05) is 25.6 Å². The van der Waals surface area contributed by atoms with Gasteiger partial charge in [0.25, 0.3) is 0 Å². The van der Waals surface area contributed by atoms with Crippen LogP contribution in [0.15, 0.2) is 97.1 Å². The van der Waals surface area contributed by atoms with E-state index in [0.29, 0.717) is 25.6 Å². The normalized spacial score (nSPS) is 24.9. The van der Waals surface area contributed by atoms with E-state index in [1.807, 2.05) is 115 Å². The monoisotopic (exact) mass is 729 g/mol. The molecule has 2 N–H and O–H groups in total. The fourth-order valence-corrected chi connectivity index (χ4v) is 9.11. The topological polar surface area (TPSA) is 102 Å². The molecule has 4 saturated heterocycles. The molecule has 284 valence electrons. The van der Waals surface area contributed by atoms with Crippen molar-refractivity contribution in [1.29, 1.82) is 0 Å². The number of carbonyl (C=O) groups is 4. The molecule has 0 spiro atoms. The average Bonchev–Trinajstić information content (AvgIpc) is 3.59. The first kappa shape index (κ1) is 37.6. The van der Waals surface area contributed by atoms with Crippen LogP contribution in [0.5, 0.6) is 0 Å². The van der Waals surface area contributed by atoms with Crippen LogP contribution in [0, 0.1) is 17.8 Å². The van der Waals surface area contributed by atoms with E-state index in [1.165, 1.54) is 32.4 Å². The van der Waals surface area contributed by atoms with Gasteiger partial charge in [0.05, 0.1) is 30.3 Å². The average molecular weight is 730 g/mol. The van der Waals surface area contributed by atoms with Crippen molar-refractivity contribution in [3.8, 4) is 0 Å². The van der Waals surface area contributed by atoms with Gasteiger partial charge < -0.3 is 25.3 Å². The molecule has 6 atom stereocenters. The first-order chi connectivity index (χ1) is 26.4. The van der Waals surface area contributed by atoms with E-state index in [4.69, 9.17) is 0 Å². The lowest BCUT2D eigenvalue weighted by Gasteiger charge is -2.52. The molecular weight excluding hydrogens is 675 g/mol. The summed E-state index contributed by atoms with van der Waals surface area (Å²) in [6.45, 7) is 7.19. The summed E-state index contributed by atoms with van der Waals surface area (Å²) in [5.74, 6) is -1.78. The highest BCUT2D eigenvalue weighted by molar-refractivity contribution is 5.99. The molecule has 4 aliphatic heterocycles. The Morgan fingerprint density at radius 1 is 0.833 bits per heavy atom. The summed E-state index contributed by atoms with van der Waals surface area (Å²) in [6, 6.07) is 27.5. The Morgan fingerprint density at radius 3 is 2.17 bits per heavy atom. The van der Waals surface area contributed by atoms with Crippen molar-refractivity contribution < 1.29 is 19.2 Å². The fraction of sp³-hybridized carbons (Fsp3) is 0.467. The number of rotatable bonds is 13. The Morgan fingerprint density at radius 2 is 1.48 bits per heavy atom. The van der Waals surface area contributed by atoms with E-state index in [2.05, 4.69) is 15.5 Å². The second-order valence-corrected chi connectivity index (χ2v) is 15.7. The van der Waals surface area contributed by atoms with Crippen LogP contribution in [-0.2, 0) is 19.2 Å². The van der Waals surface area contributed by atoms with Crippen LogP contribution in [0.2, 0.25) is 0 Å². The SMILES string of the molecule is C[C@@H](NC(=O)[C@@H](CC(=O)N1CCC(CCN2CCCCC2)CC1)N1C(=O)[C@@H](C2C(=O)NC[C@@H]2c2ccccc2)[C@H]1C=Cc1ccccc1)c1ccccc1. The Kier molecular flexibility index (Phi) is 12.2. The molecule has 1 unspecified atom stereocenters. The van der Waals surface area contributed by atoms with E-state index < -0.39 is 23.9 Å². The molecule has 0 bridgehead atoms. The van der Waals surface area contributed by atoms with E-state index in [1.54, 1.807) is 4.90 Å². The van der Waals surface area contributed by atoms with Crippen LogP contribution in [0.1, 0.15) is 80.5 Å². The van der Waals surface area contributed by atoms with Gasteiger partial charge in [-0.15, -0.1) is 0 Å². The van der Waals surface area contributed by atoms with Crippen LogP contribution >= 0.6 is 0 Å². The molecule has 4 aliphatic rings. The number of nitrogens with zero attached hydrogens (tertiary/aromatic N) is 3. The number of likely N-dealkylation sites (tertiary alicyclic amines) is 3. The minimum Gasteiger partial charge on any atom is -0.355 e. The van der Waals surface area contributed by atoms with Crippen molar-refractivity contribution >= 4 is 29.7 Å². The lowest BCUT2D eigenvalue weighted by Crippen LogP contribution is -2.69. The summed E-state index contributed by atoms with van der Waals surface area (Å²) in [6.07, 6.45) is 10.8. The second kappa shape index (κ2) is 17.6. The molecule has 9 heteroatoms. The summed E-state index contributed by atoms with van der Waals surface area (Å²) in [7, 11) is 0. The number of hydrogen-bond acceptors (Lipinski definition) is 5. The minimum absolute atomic E-state index is 0.111. The lowest BCUT2D eigenvalue weighted by atomic mass is 9.70. The highest BCUT2D eigenvalue weighted by Gasteiger charge is 2.59. The molecule has 4 fully saturated rings. The van der Waals surface area contributed by atoms with Crippen LogP contribution < -0.4 is 10.6 Å². The number of benzene rings is 3. The third-order valence-electron chi connectivity index (χ3n) is 12.3. The van der Waals surface area contributed by atoms with E-state index in [-0.39, 0.29) is 42.0 Å². The van der Waals surface area contributed by atoms with Crippen molar-refractivity contribution in [1.82, 2.24) is 25.3 Å². The van der Waals surface area contributed by atoms with Crippen LogP contribution in [-0.4, -0.2) is 89.7 Å². The first-order valence-electron chi connectivity index (χ1n) is 20.1. The highest BCUT2D eigenvalue weighted by Crippen LogP contribution is 2.45. The molecule has 9 nitrogen and oxygen atoms in total. The number of piperidine rings is 2. The van der Waals surface area contributed by atoms with Crippen molar-refractivity contribution in [2.45, 2.75) is 75.9 Å². The van der Waals surface area contributed by atoms with Crippen molar-refractivity contribution in [2.75, 3.05) is 39.3 Å². The zero-order valence-electron chi connectivity index (χ0n) is 31.5. The Balaban J connectivity index is 1.13. The predicted molar refractivity (Wildman–Crippen MR) is 211 cm³/mol. The summed E-state index contributed by atoms with van der Waals surface area (Å²) in [5, 5.41) is 6.16. The molecule has 3 aromatic rings. The third kappa shape index (κ3) is 8.62. The second-order valence-electron chi connectivity index (χ2n) is 15.7. The van der Waals surface area contributed by atoms with Crippen molar-refractivity contribution in [2.24, 2.45) is 17.8 Å². The van der Waals surface area contributed by atoms with Crippen molar-refractivity contribution in [3.05, 3.63) is 114 Å². The molecular formula is C45H55N5O4. The van der Waals surface area contributed by atoms with Crippen LogP contribution in [0.4, 0.5) is 0 Å². The Bertz CT molecular complexity index is 1750. The number of β-lactam (4-membered cyclic amide) rings is 1. The number of amides is 4. The highest BCUT2D eigenvalue weighted by atomic mass is 16.2. The molecule has 0 saturated carbocycles. The third-order valence-corrected chi connectivity index (χ3v) is 12.3. The molecule has 54 heavy (non-hydrogen) atoms. The van der Waals surface area contributed by atoms with E-state index in [0.717, 1.165) is 42.5 Å². The standard InChI is InChI=1S/C45H55N5O4/c1-32(35-16-8-3-9-17-35)47-43(52)39(30-40(51)49-28-23-34(24-29-49)22-27-48-25-12-5-13-26-48)50-38(21-20-33-14-6-2-7-15-33)42(45(50)54)41-37(31-46-44(41)53)36-18-10-4-11-19-36/h2-4,6-11,14-21,32,34,37-39,41-42H,5,12-13,22-31H2,1H3,(H,46,53)(H,47,52)/t32-,37-,38-,39-,41?,42-/m1/s1. The van der Waals surface area contributed by atoms with Gasteiger partial charge in [-0.25, -0.2) is 0 Å². The summed E-state index contributed by atoms with van der Waals surface area (Å²) in [4.78, 5) is 62.8. The fourth-order valence-electron chi connectivity index (χ4n) is 9.11. The van der Waals surface area contributed by atoms with E-state index >= 15 is 0 Å². The molecule has 4 amide bonds. The van der Waals surface area contributed by atoms with Gasteiger partial charge in [0.15, 0.2) is 0 Å². The Hall–Kier alpha value is -4.76. The molecule has 0 aliphatic carbocycles. The van der Waals surface area contributed by atoms with Gasteiger partial charge in [-0.3, -0.25) is 19.2 Å². The maximum Gasteiger partial charge on any atom is 0.243 e. The quantitative estimate of drug-likeness (QED) is 0.217. The van der Waals surface area contributed by atoms with Gasteiger partial charge in [-0.1, -0.05) is 110 Å². The Labute approximate surface area is 320 Å². The number of nitrogens with one attached hydrogen (secondary N) is 2. The maximum atomic E-state index is 14.6. The van der Waals surface area contributed by atoms with Crippen LogP contribution in [0.3, 0.4) is 0 Å². The van der Waals surface area contributed by atoms with Gasteiger partial charge in [0.2, 0.25) is 23.6 Å². The van der Waals surface area contributed by atoms with Crippen LogP contribution in [0.25, 0.3) is 6.08 Å². The van der Waals surface area contributed by atoms with Gasteiger partial charge in [0.1, 0.15) is 6.04 Å². The molecule has 3 aromatic carbocycles. The van der Waals surface area contributed by atoms with E-state index in [9.17, 15) is 19.2 Å². The summed E-state index contributed by atoms with van der Waals surface area (Å²) >= 11 is 0. The molecule has 4 heterocycles. The smallest absolute Gasteiger partial charge is 0.243 e. The van der Waals surface area contributed by atoms with Crippen molar-refractivity contribution in [3.63, 3.8) is 0 Å². The lowest BCUT2D eigenvalue weighted by molar-refractivity contribution is -0.168. The maximum absolute atomic E-state index is 14.6. The number of carbonyl (C=O) groups excluding carboxylic acids is 4. The van der Waals surface area contributed by atoms with Gasteiger partial charge >= 0.3 is 0 Å². The molecule has 7 rings (SSSR count). The zero-order chi connectivity index (χ0) is 37.4. The van der Waals surface area contributed by atoms with Gasteiger partial charge in [-0.2, -0.15) is 0 Å². The molecule has 0 radical (unpaired) electrons. The zero-order valence-corrected chi connectivity index (χ0v) is 31.5.